The summed E-state index contributed by atoms with van der Waals surface area (Å²) in [4.78, 5) is 11.3. The molecule has 0 aromatic heterocycles. The zero-order valence-corrected chi connectivity index (χ0v) is 7.99. The lowest BCUT2D eigenvalue weighted by Gasteiger charge is -2.28. The van der Waals surface area contributed by atoms with Crippen LogP contribution < -0.4 is 0 Å². The van der Waals surface area contributed by atoms with Gasteiger partial charge < -0.3 is 9.47 Å². The van der Waals surface area contributed by atoms with E-state index in [0.717, 1.165) is 32.3 Å². The van der Waals surface area contributed by atoms with Crippen LogP contribution in [0.1, 0.15) is 25.7 Å². The van der Waals surface area contributed by atoms with Crippen LogP contribution in [0.2, 0.25) is 0 Å². The average Bonchev–Trinajstić information content (AvgIpc) is 2.63. The molecule has 1 aliphatic heterocycles. The molecule has 3 heteroatoms. The van der Waals surface area contributed by atoms with E-state index >= 15 is 0 Å². The lowest BCUT2D eigenvalue weighted by atomic mass is 9.79. The predicted octanol–water partition coefficient (Wildman–Crippen LogP) is 1.36. The summed E-state index contributed by atoms with van der Waals surface area (Å²) in [7, 11) is 1.47. The SMILES string of the molecule is COC(=O)[C@H]1CC[C@@H]2OCC[C@@H]2C1. The fraction of sp³-hybridized carbons (Fsp3) is 0.900. The Labute approximate surface area is 78.4 Å². The number of hydrogen-bond acceptors (Lipinski definition) is 3. The minimum atomic E-state index is -0.0367. The highest BCUT2D eigenvalue weighted by atomic mass is 16.5. The molecule has 2 fully saturated rings. The number of esters is 1. The van der Waals surface area contributed by atoms with E-state index in [1.54, 1.807) is 0 Å². The minimum absolute atomic E-state index is 0.0367. The molecule has 0 amide bonds. The maximum Gasteiger partial charge on any atom is 0.308 e. The molecule has 0 unspecified atom stereocenters. The van der Waals surface area contributed by atoms with Gasteiger partial charge in [-0.3, -0.25) is 4.79 Å². The van der Waals surface area contributed by atoms with Gasteiger partial charge in [0.05, 0.1) is 19.1 Å². The highest BCUT2D eigenvalue weighted by Gasteiger charge is 2.37. The van der Waals surface area contributed by atoms with E-state index in [4.69, 9.17) is 9.47 Å². The Kier molecular flexibility index (Phi) is 2.54. The molecule has 0 bridgehead atoms. The Bertz CT molecular complexity index is 202. The summed E-state index contributed by atoms with van der Waals surface area (Å²) in [6, 6.07) is 0. The summed E-state index contributed by atoms with van der Waals surface area (Å²) in [5.41, 5.74) is 0. The van der Waals surface area contributed by atoms with Crippen LogP contribution >= 0.6 is 0 Å². The van der Waals surface area contributed by atoms with E-state index in [1.807, 2.05) is 0 Å². The van der Waals surface area contributed by atoms with Gasteiger partial charge in [0.1, 0.15) is 0 Å². The van der Waals surface area contributed by atoms with Crippen molar-refractivity contribution in [3.05, 3.63) is 0 Å². The van der Waals surface area contributed by atoms with Crippen LogP contribution in [0.15, 0.2) is 0 Å². The zero-order valence-electron chi connectivity index (χ0n) is 7.99. The fourth-order valence-electron chi connectivity index (χ4n) is 2.51. The number of methoxy groups -OCH3 is 1. The van der Waals surface area contributed by atoms with Crippen molar-refractivity contribution in [1.29, 1.82) is 0 Å². The van der Waals surface area contributed by atoms with Crippen LogP contribution in [0.25, 0.3) is 0 Å². The molecular weight excluding hydrogens is 168 g/mol. The fourth-order valence-corrected chi connectivity index (χ4v) is 2.51. The average molecular weight is 184 g/mol. The second-order valence-corrected chi connectivity index (χ2v) is 3.99. The van der Waals surface area contributed by atoms with Gasteiger partial charge in [-0.25, -0.2) is 0 Å². The van der Waals surface area contributed by atoms with Gasteiger partial charge in [-0.1, -0.05) is 0 Å². The highest BCUT2D eigenvalue weighted by Crippen LogP contribution is 2.37. The molecule has 2 rings (SSSR count). The van der Waals surface area contributed by atoms with Gasteiger partial charge in [-0.05, 0) is 31.6 Å². The number of carbonyl (C=O) groups is 1. The van der Waals surface area contributed by atoms with Gasteiger partial charge in [0, 0.05) is 6.61 Å². The second-order valence-electron chi connectivity index (χ2n) is 3.99. The Morgan fingerprint density at radius 3 is 3.00 bits per heavy atom. The molecule has 1 saturated carbocycles. The maximum absolute atomic E-state index is 11.3. The molecule has 74 valence electrons. The monoisotopic (exact) mass is 184 g/mol. The van der Waals surface area contributed by atoms with E-state index in [0.29, 0.717) is 12.0 Å². The summed E-state index contributed by atoms with van der Waals surface area (Å²) in [6.07, 6.45) is 4.49. The van der Waals surface area contributed by atoms with Crippen molar-refractivity contribution < 1.29 is 14.3 Å². The van der Waals surface area contributed by atoms with Gasteiger partial charge in [-0.15, -0.1) is 0 Å². The maximum atomic E-state index is 11.3. The van der Waals surface area contributed by atoms with Crippen LogP contribution in [0.5, 0.6) is 0 Å². The van der Waals surface area contributed by atoms with Crippen molar-refractivity contribution in [1.82, 2.24) is 0 Å². The smallest absolute Gasteiger partial charge is 0.308 e. The Morgan fingerprint density at radius 2 is 2.23 bits per heavy atom. The molecule has 0 spiro atoms. The molecule has 0 aromatic rings. The first-order valence-corrected chi connectivity index (χ1v) is 5.00. The standard InChI is InChI=1S/C10H16O3/c1-12-10(11)8-2-3-9-7(6-8)4-5-13-9/h7-9H,2-6H2,1H3/t7-,8+,9+/m1/s1. The van der Waals surface area contributed by atoms with Crippen molar-refractivity contribution in [2.75, 3.05) is 13.7 Å². The molecule has 0 radical (unpaired) electrons. The van der Waals surface area contributed by atoms with Crippen LogP contribution in [0, 0.1) is 11.8 Å². The molecule has 0 aromatic carbocycles. The summed E-state index contributed by atoms with van der Waals surface area (Å²) < 4.78 is 10.3. The molecule has 1 heterocycles. The van der Waals surface area contributed by atoms with Crippen molar-refractivity contribution in [2.45, 2.75) is 31.8 Å². The molecule has 0 N–H and O–H groups in total. The van der Waals surface area contributed by atoms with Crippen LogP contribution in [0.4, 0.5) is 0 Å². The third-order valence-corrected chi connectivity index (χ3v) is 3.27. The van der Waals surface area contributed by atoms with Gasteiger partial charge in [-0.2, -0.15) is 0 Å². The summed E-state index contributed by atoms with van der Waals surface area (Å²) in [5, 5.41) is 0. The van der Waals surface area contributed by atoms with E-state index in [-0.39, 0.29) is 11.9 Å². The summed E-state index contributed by atoms with van der Waals surface area (Å²) in [5.74, 6) is 0.705. The van der Waals surface area contributed by atoms with Gasteiger partial charge in [0.2, 0.25) is 0 Å². The largest absolute Gasteiger partial charge is 0.469 e. The molecule has 2 aliphatic rings. The normalized spacial score (nSPS) is 38.4. The van der Waals surface area contributed by atoms with Crippen molar-refractivity contribution >= 4 is 5.97 Å². The summed E-state index contributed by atoms with van der Waals surface area (Å²) >= 11 is 0. The van der Waals surface area contributed by atoms with Crippen molar-refractivity contribution in [2.24, 2.45) is 11.8 Å². The number of hydrogen-bond donors (Lipinski definition) is 0. The van der Waals surface area contributed by atoms with Crippen LogP contribution in [-0.4, -0.2) is 25.8 Å². The van der Waals surface area contributed by atoms with Crippen molar-refractivity contribution in [3.8, 4) is 0 Å². The Hall–Kier alpha value is -0.570. The Morgan fingerprint density at radius 1 is 1.38 bits per heavy atom. The first kappa shape index (κ1) is 9.00. The number of rotatable bonds is 1. The number of carbonyl (C=O) groups excluding carboxylic acids is 1. The lowest BCUT2D eigenvalue weighted by molar-refractivity contribution is -0.147. The topological polar surface area (TPSA) is 35.5 Å². The predicted molar refractivity (Wildman–Crippen MR) is 47.2 cm³/mol. The third kappa shape index (κ3) is 1.70. The van der Waals surface area contributed by atoms with E-state index in [9.17, 15) is 4.79 Å². The Balaban J connectivity index is 1.93. The third-order valence-electron chi connectivity index (χ3n) is 3.27. The van der Waals surface area contributed by atoms with Crippen LogP contribution in [-0.2, 0) is 14.3 Å². The highest BCUT2D eigenvalue weighted by molar-refractivity contribution is 5.72. The lowest BCUT2D eigenvalue weighted by Crippen LogP contribution is -2.30. The number of fused-ring (bicyclic) bond motifs is 1. The van der Waals surface area contributed by atoms with Gasteiger partial charge >= 0.3 is 5.97 Å². The van der Waals surface area contributed by atoms with Gasteiger partial charge in [0.25, 0.3) is 0 Å². The first-order chi connectivity index (χ1) is 6.31. The van der Waals surface area contributed by atoms with Crippen molar-refractivity contribution in [3.63, 3.8) is 0 Å². The zero-order chi connectivity index (χ0) is 9.26. The number of ether oxygens (including phenoxy) is 2. The quantitative estimate of drug-likeness (QED) is 0.577. The van der Waals surface area contributed by atoms with E-state index in [2.05, 4.69) is 0 Å². The van der Waals surface area contributed by atoms with E-state index < -0.39 is 0 Å². The van der Waals surface area contributed by atoms with Crippen LogP contribution in [0.3, 0.4) is 0 Å². The molecule has 3 nitrogen and oxygen atoms in total. The first-order valence-electron chi connectivity index (χ1n) is 5.00. The molecule has 3 atom stereocenters. The molecule has 1 saturated heterocycles. The van der Waals surface area contributed by atoms with Gasteiger partial charge in [0.15, 0.2) is 0 Å². The minimum Gasteiger partial charge on any atom is -0.469 e. The second kappa shape index (κ2) is 3.66. The van der Waals surface area contributed by atoms with E-state index in [1.165, 1.54) is 7.11 Å². The summed E-state index contributed by atoms with van der Waals surface area (Å²) in [6.45, 7) is 0.878. The molecule has 13 heavy (non-hydrogen) atoms. The molecular formula is C10H16O3. The molecule has 1 aliphatic carbocycles.